The van der Waals surface area contributed by atoms with Crippen molar-refractivity contribution in [3.8, 4) is 0 Å². The Kier molecular flexibility index (Phi) is 20.5. The molecule has 0 aromatic heterocycles. The molecule has 3 aliphatic carbocycles. The number of hydrogen-bond acceptors (Lipinski definition) is 16. The second-order valence-electron chi connectivity index (χ2n) is 20.1. The van der Waals surface area contributed by atoms with Crippen LogP contribution in [0.25, 0.3) is 0 Å². The number of fused-ring (bicyclic) bond motifs is 1. The lowest BCUT2D eigenvalue weighted by atomic mass is 9.79. The lowest BCUT2D eigenvalue weighted by Gasteiger charge is -2.30. The monoisotopic (exact) mass is 1040 g/mol. The van der Waals surface area contributed by atoms with Crippen molar-refractivity contribution in [2.24, 2.45) is 35.5 Å². The van der Waals surface area contributed by atoms with E-state index in [1.807, 2.05) is 0 Å². The number of sulfonamides is 1. The fraction of sp³-hybridized carbons (Fsp3) is 0.830. The van der Waals surface area contributed by atoms with Gasteiger partial charge in [-0.2, -0.15) is 0 Å². The zero-order valence-corrected chi connectivity index (χ0v) is 42.5. The predicted molar refractivity (Wildman–Crippen MR) is 257 cm³/mol. The van der Waals surface area contributed by atoms with Crippen molar-refractivity contribution in [3.05, 3.63) is 0 Å². The Hall–Kier alpha value is -3.78. The molecule has 6 N–H and O–H groups in total. The number of carbonyl (C=O) groups is 8. The molecular formula is C47H74N8O14S2. The van der Waals surface area contributed by atoms with Crippen LogP contribution in [-0.2, 0) is 67.3 Å². The van der Waals surface area contributed by atoms with E-state index in [4.69, 9.17) is 18.9 Å². The molecule has 7 fully saturated rings. The van der Waals surface area contributed by atoms with E-state index in [9.17, 15) is 46.8 Å². The van der Waals surface area contributed by atoms with Gasteiger partial charge < -0.3 is 40.2 Å². The van der Waals surface area contributed by atoms with Crippen LogP contribution in [0.5, 0.6) is 0 Å². The summed E-state index contributed by atoms with van der Waals surface area (Å²) in [6.07, 6.45) is 11.6. The number of hydrogen-bond donors (Lipinski definition) is 6. The molecule has 24 heteroatoms. The molecule has 7 unspecified atom stereocenters. The van der Waals surface area contributed by atoms with E-state index in [0.29, 0.717) is 70.2 Å². The van der Waals surface area contributed by atoms with Crippen molar-refractivity contribution in [2.45, 2.75) is 126 Å². The third kappa shape index (κ3) is 15.4. The molecule has 0 radical (unpaired) electrons. The summed E-state index contributed by atoms with van der Waals surface area (Å²) < 4.78 is 48.5. The van der Waals surface area contributed by atoms with Crippen LogP contribution in [0.4, 0.5) is 0 Å². The number of piperidine rings is 1. The molecule has 8 atom stereocenters. The molecule has 0 aromatic rings. The number of thioether (sulfide) groups is 1. The van der Waals surface area contributed by atoms with Crippen molar-refractivity contribution in [1.29, 1.82) is 0 Å². The summed E-state index contributed by atoms with van der Waals surface area (Å²) in [5.41, 5.74) is -0.276. The molecule has 0 spiro atoms. The molecule has 7 aliphatic rings. The SMILES string of the molecule is CS(=O)(=O)N1CCC(C(=O)N[C@@H](COCC2CCC(C(=O)NCCOCCOCCNC(=O)COC3CCCC4C(=O)N(C5CCC(=O)NC5=O)C(=O)C34)CC2)C(=O)NC2NC(C3CCCCC3)CS2)C1. The Morgan fingerprint density at radius 2 is 1.52 bits per heavy atom. The zero-order valence-electron chi connectivity index (χ0n) is 40.9. The topological polar surface area (TPSA) is 286 Å². The average molecular weight is 1040 g/mol. The Bertz CT molecular complexity index is 2020. The van der Waals surface area contributed by atoms with E-state index in [-0.39, 0.29) is 101 Å². The van der Waals surface area contributed by atoms with Gasteiger partial charge in [0.1, 0.15) is 24.2 Å². The van der Waals surface area contributed by atoms with E-state index in [1.54, 1.807) is 11.8 Å². The lowest BCUT2D eigenvalue weighted by molar-refractivity contribution is -0.152. The van der Waals surface area contributed by atoms with Crippen molar-refractivity contribution >= 4 is 69.0 Å². The zero-order chi connectivity index (χ0) is 50.5. The Balaban J connectivity index is 0.717. The maximum Gasteiger partial charge on any atom is 0.249 e. The molecule has 22 nitrogen and oxygen atoms in total. The third-order valence-electron chi connectivity index (χ3n) is 15.1. The maximum atomic E-state index is 13.6. The van der Waals surface area contributed by atoms with Crippen molar-refractivity contribution < 1.29 is 65.7 Å². The number of nitrogens with one attached hydrogen (secondary N) is 6. The maximum absolute atomic E-state index is 13.6. The summed E-state index contributed by atoms with van der Waals surface area (Å²) in [5, 5.41) is 17.4. The largest absolute Gasteiger partial charge is 0.378 e. The van der Waals surface area contributed by atoms with Gasteiger partial charge in [0.15, 0.2) is 0 Å². The number of ether oxygens (including phenoxy) is 4. The molecule has 71 heavy (non-hydrogen) atoms. The van der Waals surface area contributed by atoms with E-state index in [2.05, 4.69) is 31.9 Å². The Labute approximate surface area is 420 Å². The fourth-order valence-electron chi connectivity index (χ4n) is 11.1. The van der Waals surface area contributed by atoms with E-state index in [0.717, 1.165) is 29.8 Å². The van der Waals surface area contributed by atoms with Crippen molar-refractivity contribution in [1.82, 2.24) is 41.1 Å². The van der Waals surface area contributed by atoms with Gasteiger partial charge in [-0.25, -0.2) is 12.7 Å². The standard InChI is InChI=1S/C47H74N8O14S2/c1-71(64,65)54-19-16-32(24-54)42(59)50-34(43(60)53-47-51-35(28-70-47)30-6-3-2-4-7-30)26-68-25-29-10-12-31(13-11-29)41(58)49-18-21-67-23-22-66-20-17-48-39(57)27-69-37-9-5-8-33-40(37)46(63)55(45(33)62)36-14-15-38(56)52-44(36)61/h29-37,40,47,51H,2-28H2,1H3,(H,48,57)(H,49,58)(H,50,59)(H,53,60)(H,52,56,61)/t29?,31?,32?,33?,34-,35?,36?,37?,40?,47?/m0/s1. The summed E-state index contributed by atoms with van der Waals surface area (Å²) in [7, 11) is -3.43. The first-order chi connectivity index (χ1) is 34.2. The molecule has 3 saturated carbocycles. The van der Waals surface area contributed by atoms with Crippen LogP contribution in [0.1, 0.15) is 96.3 Å². The minimum Gasteiger partial charge on any atom is -0.378 e. The van der Waals surface area contributed by atoms with Gasteiger partial charge in [-0.3, -0.25) is 53.9 Å². The van der Waals surface area contributed by atoms with Gasteiger partial charge in [-0.05, 0) is 76.0 Å². The van der Waals surface area contributed by atoms with Crippen LogP contribution in [0.3, 0.4) is 0 Å². The van der Waals surface area contributed by atoms with Gasteiger partial charge in [0, 0.05) is 56.9 Å². The van der Waals surface area contributed by atoms with Gasteiger partial charge in [0.2, 0.25) is 57.3 Å². The molecule has 4 saturated heterocycles. The quantitative estimate of drug-likeness (QED) is 0.0525. The van der Waals surface area contributed by atoms with E-state index >= 15 is 0 Å². The van der Waals surface area contributed by atoms with Crippen molar-refractivity contribution in [3.63, 3.8) is 0 Å². The van der Waals surface area contributed by atoms with Crippen LogP contribution >= 0.6 is 11.8 Å². The second kappa shape index (κ2) is 26.4. The molecule has 4 heterocycles. The minimum absolute atomic E-state index is 0.0310. The summed E-state index contributed by atoms with van der Waals surface area (Å²) in [4.78, 5) is 104. The normalized spacial score (nSPS) is 30.2. The highest BCUT2D eigenvalue weighted by atomic mass is 32.2. The smallest absolute Gasteiger partial charge is 0.249 e. The van der Waals surface area contributed by atoms with Crippen LogP contribution in [0.15, 0.2) is 0 Å². The molecule has 4 aliphatic heterocycles. The number of amides is 8. The molecule has 8 amide bonds. The van der Waals surface area contributed by atoms with Crippen molar-refractivity contribution in [2.75, 3.05) is 84.4 Å². The van der Waals surface area contributed by atoms with Gasteiger partial charge >= 0.3 is 0 Å². The second-order valence-corrected chi connectivity index (χ2v) is 23.2. The van der Waals surface area contributed by atoms with Crippen LogP contribution < -0.4 is 31.9 Å². The summed E-state index contributed by atoms with van der Waals surface area (Å²) in [6, 6.07) is -1.64. The Morgan fingerprint density at radius 3 is 2.23 bits per heavy atom. The molecular weight excluding hydrogens is 965 g/mol. The highest BCUT2D eigenvalue weighted by Gasteiger charge is 2.56. The number of nitrogens with zero attached hydrogens (tertiary/aromatic N) is 2. The average Bonchev–Trinajstić information content (AvgIpc) is 4.11. The lowest BCUT2D eigenvalue weighted by Crippen LogP contribution is -2.55. The molecule has 7 rings (SSSR count). The van der Waals surface area contributed by atoms with Gasteiger partial charge in [-0.15, -0.1) is 11.8 Å². The summed E-state index contributed by atoms with van der Waals surface area (Å²) in [5.74, 6) is -3.58. The third-order valence-corrected chi connectivity index (χ3v) is 17.5. The highest BCUT2D eigenvalue weighted by Crippen LogP contribution is 2.41. The molecule has 398 valence electrons. The van der Waals surface area contributed by atoms with E-state index in [1.165, 1.54) is 36.4 Å². The summed E-state index contributed by atoms with van der Waals surface area (Å²) in [6.45, 7) is 2.01. The number of rotatable bonds is 24. The van der Waals surface area contributed by atoms with Gasteiger partial charge in [0.05, 0.1) is 63.1 Å². The fourth-order valence-corrected chi connectivity index (χ4v) is 13.2. The van der Waals surface area contributed by atoms with Crippen LogP contribution in [-0.4, -0.2) is 179 Å². The van der Waals surface area contributed by atoms with Crippen LogP contribution in [0, 0.1) is 35.5 Å². The highest BCUT2D eigenvalue weighted by molar-refractivity contribution is 8.00. The predicted octanol–water partition coefficient (Wildman–Crippen LogP) is -0.498. The Morgan fingerprint density at radius 1 is 0.789 bits per heavy atom. The molecule has 0 bridgehead atoms. The number of carbonyl (C=O) groups excluding carboxylic acids is 8. The summed E-state index contributed by atoms with van der Waals surface area (Å²) >= 11 is 1.66. The number of imide groups is 2. The number of likely N-dealkylation sites (tertiary alicyclic amines) is 1. The van der Waals surface area contributed by atoms with Crippen LogP contribution in [0.2, 0.25) is 0 Å². The van der Waals surface area contributed by atoms with Gasteiger partial charge in [0.25, 0.3) is 0 Å². The van der Waals surface area contributed by atoms with Gasteiger partial charge in [-0.1, -0.05) is 25.7 Å². The first kappa shape index (κ1) is 55.0. The first-order valence-corrected chi connectivity index (χ1v) is 28.6. The molecule has 0 aromatic carbocycles. The minimum atomic E-state index is -3.43. The first-order valence-electron chi connectivity index (χ1n) is 25.7. The van der Waals surface area contributed by atoms with E-state index < -0.39 is 75.5 Å².